The SMILES string of the molecule is CCCC[C@H](NC(=O)[C@H](CC(C)C)NC(=O)[C@@H](Cc1c[nH]c2ccccc12)NC(=O)[C@H](Cc1ccccc1)NC(=O)[C@@H](Cc1c[nH]c2ccccc12)NC(=O)[C@H](CC(N)=O)NC(=O)[C@H](N)Cc1ccc(Cl)c(Cl)c1)C(=O)N(C(=O)[C@@H]1CCCN1C(=O)[C@H](N)CCCCNC(=O)c1cccnc1)C(=O)[C@@H]1CCCN1C(=O)[C@@H](N)Cc1cccnc1. The molecule has 8 aromatic rings. The van der Waals surface area contributed by atoms with Crippen molar-refractivity contribution in [2.75, 3.05) is 19.6 Å². The molecule has 0 unspecified atom stereocenters. The minimum absolute atomic E-state index is 0.0101. The largest absolute Gasteiger partial charge is 0.370 e. The monoisotopic (exact) mass is 1670 g/mol. The van der Waals surface area contributed by atoms with Gasteiger partial charge in [-0.3, -0.25) is 72.3 Å². The number of hydrogen-bond donors (Lipinski definition) is 13. The normalized spacial score (nSPS) is 16.2. The lowest BCUT2D eigenvalue weighted by atomic mass is 9.99. The number of primary amides is 1. The van der Waals surface area contributed by atoms with E-state index in [1.807, 2.05) is 19.1 Å². The lowest BCUT2D eigenvalue weighted by Crippen LogP contribution is -2.63. The molecule has 0 spiro atoms. The molecule has 13 amide bonds. The van der Waals surface area contributed by atoms with E-state index >= 15 is 33.6 Å². The van der Waals surface area contributed by atoms with Crippen molar-refractivity contribution in [1.82, 2.24) is 71.9 Å². The molecule has 630 valence electrons. The highest BCUT2D eigenvalue weighted by atomic mass is 35.5. The molecule has 11 atom stereocenters. The predicted octanol–water partition coefficient (Wildman–Crippen LogP) is 4.73. The first-order valence-corrected chi connectivity index (χ1v) is 41.0. The van der Waals surface area contributed by atoms with Crippen LogP contribution in [0.3, 0.4) is 0 Å². The van der Waals surface area contributed by atoms with Crippen molar-refractivity contribution in [2.24, 2.45) is 28.9 Å². The van der Waals surface area contributed by atoms with Crippen LogP contribution in [0, 0.1) is 5.92 Å². The zero-order valence-electron chi connectivity index (χ0n) is 66.7. The summed E-state index contributed by atoms with van der Waals surface area (Å²) in [5.74, 6) is -11.8. The van der Waals surface area contributed by atoms with E-state index in [1.165, 1.54) is 28.1 Å². The van der Waals surface area contributed by atoms with E-state index in [9.17, 15) is 28.8 Å². The van der Waals surface area contributed by atoms with Crippen LogP contribution in [-0.2, 0) is 89.6 Å². The van der Waals surface area contributed by atoms with Crippen LogP contribution in [0.1, 0.15) is 136 Å². The van der Waals surface area contributed by atoms with Gasteiger partial charge in [0.05, 0.1) is 40.2 Å². The van der Waals surface area contributed by atoms with Gasteiger partial charge in [-0.05, 0) is 147 Å². The van der Waals surface area contributed by atoms with Gasteiger partial charge in [-0.25, -0.2) is 4.90 Å². The van der Waals surface area contributed by atoms with Crippen LogP contribution in [0.15, 0.2) is 159 Å². The van der Waals surface area contributed by atoms with Gasteiger partial charge in [0.15, 0.2) is 0 Å². The molecule has 10 rings (SSSR count). The number of likely N-dealkylation sites (tertiary alicyclic amines) is 2. The van der Waals surface area contributed by atoms with Gasteiger partial charge >= 0.3 is 0 Å². The molecule has 0 aliphatic carbocycles. The van der Waals surface area contributed by atoms with Crippen molar-refractivity contribution in [3.8, 4) is 0 Å². The minimum atomic E-state index is -1.67. The van der Waals surface area contributed by atoms with Gasteiger partial charge < -0.3 is 79.9 Å². The van der Waals surface area contributed by atoms with Gasteiger partial charge in [-0.2, -0.15) is 0 Å². The molecule has 119 heavy (non-hydrogen) atoms. The lowest BCUT2D eigenvalue weighted by molar-refractivity contribution is -0.163. The summed E-state index contributed by atoms with van der Waals surface area (Å²) >= 11 is 12.4. The number of imide groups is 3. The first-order valence-electron chi connectivity index (χ1n) is 40.2. The van der Waals surface area contributed by atoms with Gasteiger partial charge in [0.1, 0.15) is 48.3 Å². The second-order valence-corrected chi connectivity index (χ2v) is 31.5. The van der Waals surface area contributed by atoms with Crippen molar-refractivity contribution < 1.29 is 62.3 Å². The first-order chi connectivity index (χ1) is 57.2. The van der Waals surface area contributed by atoms with Crippen LogP contribution in [0.2, 0.25) is 10.0 Å². The average molecular weight is 1670 g/mol. The molecule has 31 nitrogen and oxygen atoms in total. The molecular formula is C86H104Cl2N18O13. The Morgan fingerprint density at radius 3 is 1.55 bits per heavy atom. The number of aromatic amines is 2. The molecule has 4 aromatic carbocycles. The van der Waals surface area contributed by atoms with Gasteiger partial charge in [-0.15, -0.1) is 0 Å². The quantitative estimate of drug-likeness (QED) is 0.0182. The van der Waals surface area contributed by atoms with Crippen molar-refractivity contribution >= 4 is 122 Å². The molecule has 2 aliphatic heterocycles. The molecule has 2 saturated heterocycles. The number of nitrogens with zero attached hydrogens (tertiary/aromatic N) is 5. The summed E-state index contributed by atoms with van der Waals surface area (Å²) in [5, 5.41) is 21.3. The second-order valence-electron chi connectivity index (χ2n) is 30.7. The number of halogens is 2. The summed E-state index contributed by atoms with van der Waals surface area (Å²) in [4.78, 5) is 210. The Labute approximate surface area is 699 Å². The predicted molar refractivity (Wildman–Crippen MR) is 447 cm³/mol. The van der Waals surface area contributed by atoms with Crippen LogP contribution in [-0.4, -0.2) is 198 Å². The fourth-order valence-corrected chi connectivity index (χ4v) is 15.3. The van der Waals surface area contributed by atoms with Gasteiger partial charge in [-0.1, -0.05) is 136 Å². The van der Waals surface area contributed by atoms with E-state index in [0.29, 0.717) is 79.3 Å². The van der Waals surface area contributed by atoms with E-state index in [1.54, 1.807) is 142 Å². The summed E-state index contributed by atoms with van der Waals surface area (Å²) < 4.78 is 0. The van der Waals surface area contributed by atoms with Crippen molar-refractivity contribution in [3.63, 3.8) is 0 Å². The topological polar surface area (TPSA) is 477 Å². The van der Waals surface area contributed by atoms with Crippen LogP contribution in [0.5, 0.6) is 0 Å². The fraction of sp³-hybridized carbons (Fsp3) is 0.407. The van der Waals surface area contributed by atoms with Crippen LogP contribution < -0.4 is 60.2 Å². The number of nitrogens with two attached hydrogens (primary N) is 4. The highest BCUT2D eigenvalue weighted by molar-refractivity contribution is 6.42. The van der Waals surface area contributed by atoms with E-state index < -0.39 is 144 Å². The summed E-state index contributed by atoms with van der Waals surface area (Å²) in [6.07, 6.45) is 10.1. The average Bonchev–Trinajstić information content (AvgIpc) is 1.73. The van der Waals surface area contributed by atoms with E-state index in [0.717, 1.165) is 0 Å². The molecule has 2 aliphatic rings. The maximum absolute atomic E-state index is 15.9. The molecule has 17 N–H and O–H groups in total. The number of hydrogen-bond acceptors (Lipinski definition) is 18. The Bertz CT molecular complexity index is 4920. The summed E-state index contributed by atoms with van der Waals surface area (Å²) in [5.41, 5.74) is 29.7. The smallest absolute Gasteiger partial charge is 0.258 e. The fourth-order valence-electron chi connectivity index (χ4n) is 15.0. The van der Waals surface area contributed by atoms with Crippen molar-refractivity contribution in [2.45, 2.75) is 196 Å². The number of nitrogens with one attached hydrogen (secondary N) is 9. The minimum Gasteiger partial charge on any atom is -0.370 e. The maximum atomic E-state index is 15.9. The molecular weight excluding hydrogens is 1560 g/mol. The van der Waals surface area contributed by atoms with Gasteiger partial charge in [0.25, 0.3) is 23.6 Å². The lowest BCUT2D eigenvalue weighted by Gasteiger charge is -2.35. The molecule has 0 saturated carbocycles. The number of para-hydroxylation sites is 2. The number of carbonyl (C=O) groups is 13. The van der Waals surface area contributed by atoms with Gasteiger partial charge in [0.2, 0.25) is 53.2 Å². The summed E-state index contributed by atoms with van der Waals surface area (Å²) in [7, 11) is 0. The second kappa shape index (κ2) is 43.1. The number of fused-ring (bicyclic) bond motifs is 2. The van der Waals surface area contributed by atoms with Crippen LogP contribution in [0.25, 0.3) is 21.8 Å². The number of benzene rings is 4. The molecule has 6 heterocycles. The molecule has 2 fully saturated rings. The third-order valence-electron chi connectivity index (χ3n) is 21.3. The summed E-state index contributed by atoms with van der Waals surface area (Å²) in [6.45, 7) is 5.74. The number of unbranched alkanes of at least 4 members (excludes halogenated alkanes) is 2. The van der Waals surface area contributed by atoms with Crippen LogP contribution in [0.4, 0.5) is 0 Å². The van der Waals surface area contributed by atoms with E-state index in [4.69, 9.17) is 46.1 Å². The number of rotatable bonds is 40. The standard InChI is InChI=1S/C86H104Cl2N18O13/c1-4-5-26-66(84(117)106(86(119)73-30-18-37-105(73)83(116)63(91)41-53-21-15-33-93-46-53)85(118)72-29-17-36-104(72)82(115)61(89)25-13-14-35-95-75(108)54-22-16-34-94-47-54)98-77(110)67(38-50(2)3)100-79(112)69(43-55-48-96-64-27-11-9-23-57(55)64)102-78(111)68(42-51-19-7-6-8-20-51)101-80(113)70(44-56-49-97-65-28-12-10-24-58(56)65)103-81(114)71(45-74(92)107)99-76(109)62(90)40-52-31-32-59(87)60(88)39-52/h6-12,15-16,19-24,27-28,31-34,39,46-50,61-63,66-73,96-97H,4-5,13-14,17-18,25-26,29-30,35-38,40-45,89-91H2,1-3H3,(H2,92,107)(H,95,108)(H,98,110)(H,99,109)(H,100,112)(H,101,113)(H,102,111)(H,103,114)/t61-,62-,63+,66+,67+,68+,69-,70-,71+,72+,73+/m1/s1. The van der Waals surface area contributed by atoms with E-state index in [2.05, 4.69) is 57.2 Å². The van der Waals surface area contributed by atoms with Crippen molar-refractivity contribution in [1.29, 1.82) is 0 Å². The number of carbonyl (C=O) groups excluding carboxylic acids is 13. The molecule has 0 radical (unpaired) electrons. The first kappa shape index (κ1) is 89.6. The highest BCUT2D eigenvalue weighted by Gasteiger charge is 2.49. The molecule has 0 bridgehead atoms. The van der Waals surface area contributed by atoms with Crippen molar-refractivity contribution in [3.05, 3.63) is 202 Å². The molecule has 4 aromatic heterocycles. The van der Waals surface area contributed by atoms with Crippen LogP contribution >= 0.6 is 23.2 Å². The highest BCUT2D eigenvalue weighted by Crippen LogP contribution is 2.29. The third kappa shape index (κ3) is 24.5. The third-order valence-corrected chi connectivity index (χ3v) is 22.0. The Morgan fingerprint density at radius 2 is 1.01 bits per heavy atom. The number of amides is 13. The summed E-state index contributed by atoms with van der Waals surface area (Å²) in [6, 6.07) is 18.5. The number of aromatic nitrogens is 4. The molecule has 33 heteroatoms. The Morgan fingerprint density at radius 1 is 0.504 bits per heavy atom. The number of pyridine rings is 2. The number of H-pyrrole nitrogens is 2. The zero-order valence-corrected chi connectivity index (χ0v) is 68.2. The van der Waals surface area contributed by atoms with Gasteiger partial charge in [0, 0.05) is 97.9 Å². The van der Waals surface area contributed by atoms with E-state index in [-0.39, 0.29) is 125 Å². The maximum Gasteiger partial charge on any atom is 0.258 e. The Balaban J connectivity index is 0.926. The Kier molecular flexibility index (Phi) is 32.4. The Hall–Kier alpha value is -11.8. The zero-order chi connectivity index (χ0) is 85.4.